The van der Waals surface area contributed by atoms with Crippen LogP contribution in [0.4, 0.5) is 17.6 Å². The first-order chi connectivity index (χ1) is 14.6. The van der Waals surface area contributed by atoms with Crippen molar-refractivity contribution in [2.24, 2.45) is 11.8 Å². The summed E-state index contributed by atoms with van der Waals surface area (Å²) >= 11 is 5.62. The summed E-state index contributed by atoms with van der Waals surface area (Å²) in [6.07, 6.45) is 11.3. The van der Waals surface area contributed by atoms with Crippen LogP contribution in [0.5, 0.6) is 0 Å². The van der Waals surface area contributed by atoms with Gasteiger partial charge in [-0.25, -0.2) is 0 Å². The molecule has 1 aromatic rings. The standard InChI is InChI=1S/C23H38N6S/c1-17-10-13-28(14-11-17)20-15-21(29-12-6-7-18(2)16-29)26-22(25-20)27-23(30)24-19-8-4-3-5-9-19/h15,17-19H,3-14,16H2,1-2H3,(H2,24,25,26,27,30)/t18-/m0/s1. The van der Waals surface area contributed by atoms with Gasteiger partial charge in [0, 0.05) is 38.3 Å². The second kappa shape index (κ2) is 10.1. The molecular formula is C23H38N6S. The predicted molar refractivity (Wildman–Crippen MR) is 129 cm³/mol. The molecule has 1 aromatic heterocycles. The van der Waals surface area contributed by atoms with Crippen molar-refractivity contribution in [1.82, 2.24) is 15.3 Å². The summed E-state index contributed by atoms with van der Waals surface area (Å²) in [6.45, 7) is 8.96. The van der Waals surface area contributed by atoms with Gasteiger partial charge >= 0.3 is 0 Å². The van der Waals surface area contributed by atoms with Crippen LogP contribution in [0, 0.1) is 11.8 Å². The van der Waals surface area contributed by atoms with Gasteiger partial charge < -0.3 is 20.4 Å². The van der Waals surface area contributed by atoms with E-state index in [4.69, 9.17) is 22.2 Å². The zero-order valence-corrected chi connectivity index (χ0v) is 19.5. The van der Waals surface area contributed by atoms with Gasteiger partial charge in [-0.15, -0.1) is 0 Å². The predicted octanol–water partition coefficient (Wildman–Crippen LogP) is 4.57. The largest absolute Gasteiger partial charge is 0.360 e. The third-order valence-corrected chi connectivity index (χ3v) is 7.17. The number of anilines is 3. The Labute approximate surface area is 187 Å². The van der Waals surface area contributed by atoms with E-state index >= 15 is 0 Å². The molecule has 1 atom stereocenters. The van der Waals surface area contributed by atoms with E-state index in [0.717, 1.165) is 43.7 Å². The highest BCUT2D eigenvalue weighted by Gasteiger charge is 2.23. The Morgan fingerprint density at radius 3 is 2.27 bits per heavy atom. The van der Waals surface area contributed by atoms with Crippen LogP contribution in [-0.4, -0.2) is 47.3 Å². The highest BCUT2D eigenvalue weighted by atomic mass is 32.1. The molecular weight excluding hydrogens is 392 g/mol. The Bertz CT molecular complexity index is 712. The van der Waals surface area contributed by atoms with E-state index in [1.165, 1.54) is 57.8 Å². The molecule has 30 heavy (non-hydrogen) atoms. The highest BCUT2D eigenvalue weighted by Crippen LogP contribution is 2.28. The van der Waals surface area contributed by atoms with Crippen LogP contribution in [0.1, 0.15) is 71.6 Å². The second-order valence-electron chi connectivity index (χ2n) is 9.70. The van der Waals surface area contributed by atoms with Crippen LogP contribution in [-0.2, 0) is 0 Å². The van der Waals surface area contributed by atoms with Gasteiger partial charge in [0.1, 0.15) is 11.6 Å². The number of hydrogen-bond donors (Lipinski definition) is 2. The van der Waals surface area contributed by atoms with Gasteiger partial charge in [0.05, 0.1) is 0 Å². The maximum atomic E-state index is 5.62. The number of thiocarbonyl (C=S) groups is 1. The molecule has 7 heteroatoms. The number of nitrogens with zero attached hydrogens (tertiary/aromatic N) is 4. The molecule has 2 saturated heterocycles. The molecule has 0 radical (unpaired) electrons. The Hall–Kier alpha value is -1.63. The van der Waals surface area contributed by atoms with Crippen LogP contribution in [0.15, 0.2) is 6.07 Å². The van der Waals surface area contributed by atoms with Crippen molar-refractivity contribution in [2.75, 3.05) is 41.3 Å². The lowest BCUT2D eigenvalue weighted by Gasteiger charge is -2.34. The topological polar surface area (TPSA) is 56.3 Å². The van der Waals surface area contributed by atoms with Gasteiger partial charge in [-0.3, -0.25) is 0 Å². The quantitative estimate of drug-likeness (QED) is 0.679. The van der Waals surface area contributed by atoms with Crippen LogP contribution in [0.2, 0.25) is 0 Å². The zero-order valence-electron chi connectivity index (χ0n) is 18.7. The van der Waals surface area contributed by atoms with Crippen molar-refractivity contribution < 1.29 is 0 Å². The third-order valence-electron chi connectivity index (χ3n) is 6.95. The monoisotopic (exact) mass is 430 g/mol. The lowest BCUT2D eigenvalue weighted by Crippen LogP contribution is -2.40. The molecule has 0 bridgehead atoms. The van der Waals surface area contributed by atoms with E-state index in [9.17, 15) is 0 Å². The molecule has 6 nitrogen and oxygen atoms in total. The van der Waals surface area contributed by atoms with E-state index in [-0.39, 0.29) is 0 Å². The van der Waals surface area contributed by atoms with Gasteiger partial charge in [-0.2, -0.15) is 9.97 Å². The maximum absolute atomic E-state index is 5.62. The minimum Gasteiger partial charge on any atom is -0.360 e. The van der Waals surface area contributed by atoms with Gasteiger partial charge in [0.15, 0.2) is 5.11 Å². The van der Waals surface area contributed by atoms with Crippen molar-refractivity contribution in [3.8, 4) is 0 Å². The molecule has 2 N–H and O–H groups in total. The average molecular weight is 431 g/mol. The molecule has 0 unspecified atom stereocenters. The van der Waals surface area contributed by atoms with E-state index in [1.54, 1.807) is 0 Å². The normalized spacial score (nSPS) is 24.0. The van der Waals surface area contributed by atoms with Crippen LogP contribution in [0.3, 0.4) is 0 Å². The third kappa shape index (κ3) is 5.74. The highest BCUT2D eigenvalue weighted by molar-refractivity contribution is 7.80. The van der Waals surface area contributed by atoms with Crippen molar-refractivity contribution in [1.29, 1.82) is 0 Å². The lowest BCUT2D eigenvalue weighted by molar-refractivity contribution is 0.414. The van der Waals surface area contributed by atoms with E-state index in [2.05, 4.69) is 40.3 Å². The molecule has 4 rings (SSSR count). The van der Waals surface area contributed by atoms with Crippen LogP contribution < -0.4 is 20.4 Å². The Balaban J connectivity index is 1.51. The SMILES string of the molecule is CC1CCN(c2cc(N3CCC[C@H](C)C3)nc(NC(=S)NC3CCCCC3)n2)CC1. The van der Waals surface area contributed by atoms with Crippen molar-refractivity contribution in [2.45, 2.75) is 77.7 Å². The minimum atomic E-state index is 0.480. The van der Waals surface area contributed by atoms with Crippen LogP contribution >= 0.6 is 12.2 Å². The molecule has 2 aliphatic heterocycles. The smallest absolute Gasteiger partial charge is 0.232 e. The van der Waals surface area contributed by atoms with Gasteiger partial charge in [-0.05, 0) is 62.6 Å². The molecule has 1 saturated carbocycles. The minimum absolute atomic E-state index is 0.480. The molecule has 166 valence electrons. The van der Waals surface area contributed by atoms with Crippen molar-refractivity contribution in [3.63, 3.8) is 0 Å². The molecule has 3 fully saturated rings. The second-order valence-corrected chi connectivity index (χ2v) is 10.1. The summed E-state index contributed by atoms with van der Waals surface area (Å²) < 4.78 is 0. The summed E-state index contributed by atoms with van der Waals surface area (Å²) in [6, 6.07) is 2.67. The summed E-state index contributed by atoms with van der Waals surface area (Å²) in [4.78, 5) is 14.6. The van der Waals surface area contributed by atoms with Gasteiger partial charge in [0.25, 0.3) is 0 Å². The fourth-order valence-electron chi connectivity index (χ4n) is 5.01. The maximum Gasteiger partial charge on any atom is 0.232 e. The van der Waals surface area contributed by atoms with Crippen molar-refractivity contribution >= 4 is 34.9 Å². The Kier molecular flexibility index (Phi) is 7.28. The fourth-order valence-corrected chi connectivity index (χ4v) is 5.27. The van der Waals surface area contributed by atoms with E-state index in [1.807, 2.05) is 0 Å². The first-order valence-corrected chi connectivity index (χ1v) is 12.4. The number of nitrogens with one attached hydrogen (secondary N) is 2. The van der Waals surface area contributed by atoms with Crippen LogP contribution in [0.25, 0.3) is 0 Å². The molecule has 3 heterocycles. The summed E-state index contributed by atoms with van der Waals surface area (Å²) in [5, 5.41) is 7.46. The lowest BCUT2D eigenvalue weighted by atomic mass is 9.96. The number of rotatable bonds is 4. The van der Waals surface area contributed by atoms with Crippen molar-refractivity contribution in [3.05, 3.63) is 6.07 Å². The fraction of sp³-hybridized carbons (Fsp3) is 0.783. The number of hydrogen-bond acceptors (Lipinski definition) is 5. The Morgan fingerprint density at radius 2 is 1.57 bits per heavy atom. The molecule has 3 aliphatic rings. The van der Waals surface area contributed by atoms with Gasteiger partial charge in [0.2, 0.25) is 5.95 Å². The first kappa shape index (κ1) is 21.6. The Morgan fingerprint density at radius 1 is 0.867 bits per heavy atom. The summed E-state index contributed by atoms with van der Waals surface area (Å²) in [5.41, 5.74) is 0. The zero-order chi connectivity index (χ0) is 20.9. The first-order valence-electron chi connectivity index (χ1n) is 12.0. The molecule has 0 spiro atoms. The molecule has 1 aliphatic carbocycles. The molecule has 0 aromatic carbocycles. The van der Waals surface area contributed by atoms with E-state index < -0.39 is 0 Å². The van der Waals surface area contributed by atoms with E-state index in [0.29, 0.717) is 23.0 Å². The van der Waals surface area contributed by atoms with Gasteiger partial charge in [-0.1, -0.05) is 33.1 Å². The molecule has 0 amide bonds. The number of piperidine rings is 2. The summed E-state index contributed by atoms with van der Waals surface area (Å²) in [7, 11) is 0. The summed E-state index contributed by atoms with van der Waals surface area (Å²) in [5.74, 6) is 4.21. The average Bonchev–Trinajstić information content (AvgIpc) is 2.74. The number of aromatic nitrogens is 2.